The van der Waals surface area contributed by atoms with Crippen LogP contribution < -0.4 is 10.2 Å². The van der Waals surface area contributed by atoms with Crippen molar-refractivity contribution >= 4 is 29.9 Å². The summed E-state index contributed by atoms with van der Waals surface area (Å²) in [5, 5.41) is 3.40. The Morgan fingerprint density at radius 1 is 0.964 bits per heavy atom. The van der Waals surface area contributed by atoms with Crippen LogP contribution in [0.2, 0.25) is 0 Å². The molecule has 0 saturated heterocycles. The zero-order chi connectivity index (χ0) is 19.0. The number of nitrogens with one attached hydrogen (secondary N) is 1. The van der Waals surface area contributed by atoms with Gasteiger partial charge >= 0.3 is 0 Å². The molecule has 28 heavy (non-hydrogen) atoms. The van der Waals surface area contributed by atoms with Crippen LogP contribution in [0.3, 0.4) is 0 Å². The van der Waals surface area contributed by atoms with E-state index in [1.54, 1.807) is 0 Å². The van der Waals surface area contributed by atoms with E-state index in [0.717, 1.165) is 35.7 Å². The molecule has 0 aliphatic carbocycles. The zero-order valence-electron chi connectivity index (χ0n) is 16.9. The largest absolute Gasteiger partial charge is 0.349 e. The maximum atomic E-state index is 4.92. The van der Waals surface area contributed by atoms with E-state index >= 15 is 0 Å². The van der Waals surface area contributed by atoms with Gasteiger partial charge < -0.3 is 10.2 Å². The topological polar surface area (TPSA) is 41.1 Å². The first-order valence-electron chi connectivity index (χ1n) is 9.57. The Hall–Kier alpha value is -2.59. The van der Waals surface area contributed by atoms with E-state index in [0.29, 0.717) is 12.0 Å². The van der Waals surface area contributed by atoms with Gasteiger partial charge in [0.1, 0.15) is 5.82 Å². The summed E-state index contributed by atoms with van der Waals surface area (Å²) >= 11 is 0. The zero-order valence-corrected chi connectivity index (χ0v) is 17.7. The second-order valence-corrected chi connectivity index (χ2v) is 7.34. The van der Waals surface area contributed by atoms with Gasteiger partial charge in [0, 0.05) is 23.5 Å². The van der Waals surface area contributed by atoms with Crippen molar-refractivity contribution in [2.75, 3.05) is 16.8 Å². The quantitative estimate of drug-likeness (QED) is 0.619. The number of para-hydroxylation sites is 1. The molecular formula is C23H27ClN4. The molecule has 2 heterocycles. The monoisotopic (exact) mass is 394 g/mol. The highest BCUT2D eigenvalue weighted by Gasteiger charge is 2.26. The molecule has 0 fully saturated rings. The third-order valence-electron chi connectivity index (χ3n) is 5.62. The van der Waals surface area contributed by atoms with E-state index in [1.807, 2.05) is 12.1 Å². The van der Waals surface area contributed by atoms with Crippen LogP contribution in [-0.4, -0.2) is 16.5 Å². The highest BCUT2D eigenvalue weighted by atomic mass is 35.5. The Kier molecular flexibility index (Phi) is 5.90. The summed E-state index contributed by atoms with van der Waals surface area (Å²) in [5.74, 6) is 1.69. The minimum absolute atomic E-state index is 0. The van der Waals surface area contributed by atoms with Crippen LogP contribution in [-0.2, 0) is 6.42 Å². The molecule has 1 N–H and O–H groups in total. The maximum absolute atomic E-state index is 4.92. The third-order valence-corrected chi connectivity index (χ3v) is 5.62. The van der Waals surface area contributed by atoms with Crippen LogP contribution in [0, 0.1) is 20.8 Å². The Bertz CT molecular complexity index is 986. The molecule has 0 amide bonds. The van der Waals surface area contributed by atoms with E-state index in [9.17, 15) is 0 Å². The highest BCUT2D eigenvalue weighted by molar-refractivity contribution is 5.85. The molecule has 4 nitrogen and oxygen atoms in total. The Balaban J connectivity index is 0.00000225. The lowest BCUT2D eigenvalue weighted by Gasteiger charge is -2.37. The first kappa shape index (κ1) is 20.2. The fourth-order valence-electron chi connectivity index (χ4n) is 3.84. The van der Waals surface area contributed by atoms with Gasteiger partial charge in [0.2, 0.25) is 5.95 Å². The van der Waals surface area contributed by atoms with Crippen molar-refractivity contribution in [3.63, 3.8) is 0 Å². The van der Waals surface area contributed by atoms with Crippen molar-refractivity contribution in [2.45, 2.75) is 40.2 Å². The van der Waals surface area contributed by atoms with Crippen LogP contribution in [0.4, 0.5) is 17.5 Å². The molecule has 2 aromatic carbocycles. The summed E-state index contributed by atoms with van der Waals surface area (Å²) in [6.45, 7) is 9.51. The molecule has 1 aliphatic heterocycles. The molecular weight excluding hydrogens is 368 g/mol. The van der Waals surface area contributed by atoms with Crippen molar-refractivity contribution < 1.29 is 0 Å². The molecule has 3 aromatic rings. The minimum Gasteiger partial charge on any atom is -0.349 e. The molecule has 1 aliphatic rings. The number of anilines is 3. The summed E-state index contributed by atoms with van der Waals surface area (Å²) in [7, 11) is 0. The van der Waals surface area contributed by atoms with Gasteiger partial charge in [0.05, 0.1) is 6.04 Å². The fraction of sp³-hybridized carbons (Fsp3) is 0.304. The first-order valence-corrected chi connectivity index (χ1v) is 9.57. The van der Waals surface area contributed by atoms with Crippen LogP contribution >= 0.6 is 12.4 Å². The molecule has 0 saturated carbocycles. The van der Waals surface area contributed by atoms with Crippen molar-refractivity contribution in [3.8, 4) is 0 Å². The molecule has 5 heteroatoms. The van der Waals surface area contributed by atoms with Crippen molar-refractivity contribution in [1.82, 2.24) is 9.97 Å². The SMILES string of the molecule is Cc1ccccc1Nc1nc(C)c(C)c(N2CCc3ccccc3C2C)n1.Cl. The molecule has 4 rings (SSSR count). The number of rotatable bonds is 3. The lowest BCUT2D eigenvalue weighted by atomic mass is 9.93. The average Bonchev–Trinajstić information content (AvgIpc) is 2.67. The number of aryl methyl sites for hydroxylation is 2. The molecule has 146 valence electrons. The number of halogens is 1. The van der Waals surface area contributed by atoms with Gasteiger partial charge in [0.15, 0.2) is 0 Å². The molecule has 0 radical (unpaired) electrons. The van der Waals surface area contributed by atoms with E-state index < -0.39 is 0 Å². The number of hydrogen-bond acceptors (Lipinski definition) is 4. The number of benzene rings is 2. The summed E-state index contributed by atoms with van der Waals surface area (Å²) in [5.41, 5.74) is 7.24. The minimum atomic E-state index is 0. The van der Waals surface area contributed by atoms with E-state index in [1.165, 1.54) is 16.7 Å². The first-order chi connectivity index (χ1) is 13.0. The molecule has 1 unspecified atom stereocenters. The molecule has 0 bridgehead atoms. The molecule has 1 aromatic heterocycles. The summed E-state index contributed by atoms with van der Waals surface area (Å²) in [6.07, 6.45) is 1.05. The lowest BCUT2D eigenvalue weighted by Crippen LogP contribution is -2.35. The Morgan fingerprint density at radius 3 is 2.46 bits per heavy atom. The van der Waals surface area contributed by atoms with Gasteiger partial charge in [-0.1, -0.05) is 42.5 Å². The second kappa shape index (κ2) is 8.19. The predicted molar refractivity (Wildman–Crippen MR) is 119 cm³/mol. The maximum Gasteiger partial charge on any atom is 0.229 e. The summed E-state index contributed by atoms with van der Waals surface area (Å²) in [6, 6.07) is 17.3. The van der Waals surface area contributed by atoms with Crippen LogP contribution in [0.25, 0.3) is 0 Å². The fourth-order valence-corrected chi connectivity index (χ4v) is 3.84. The van der Waals surface area contributed by atoms with Gasteiger partial charge in [-0.3, -0.25) is 0 Å². The number of fused-ring (bicyclic) bond motifs is 1. The standard InChI is InChI=1S/C23H26N4.ClH/c1-15-9-5-8-12-21(15)25-23-24-17(3)16(2)22(26-23)27-14-13-19-10-6-7-11-20(19)18(27)4;/h5-12,18H,13-14H2,1-4H3,(H,24,25,26);1H. The Labute approximate surface area is 173 Å². The molecule has 1 atom stereocenters. The lowest BCUT2D eigenvalue weighted by molar-refractivity contribution is 0.614. The Morgan fingerprint density at radius 2 is 1.68 bits per heavy atom. The number of hydrogen-bond donors (Lipinski definition) is 1. The predicted octanol–water partition coefficient (Wildman–Crippen LogP) is 5.69. The van der Waals surface area contributed by atoms with Crippen LogP contribution in [0.15, 0.2) is 48.5 Å². The van der Waals surface area contributed by atoms with E-state index in [2.05, 4.69) is 79.3 Å². The third kappa shape index (κ3) is 3.69. The number of nitrogens with zero attached hydrogens (tertiary/aromatic N) is 3. The van der Waals surface area contributed by atoms with Gasteiger partial charge in [0.25, 0.3) is 0 Å². The van der Waals surface area contributed by atoms with Crippen molar-refractivity contribution in [3.05, 3.63) is 76.5 Å². The van der Waals surface area contributed by atoms with Crippen LogP contribution in [0.1, 0.15) is 40.9 Å². The smallest absolute Gasteiger partial charge is 0.229 e. The average molecular weight is 395 g/mol. The van der Waals surface area contributed by atoms with Gasteiger partial charge in [-0.25, -0.2) is 4.98 Å². The second-order valence-electron chi connectivity index (χ2n) is 7.34. The van der Waals surface area contributed by atoms with Crippen molar-refractivity contribution in [2.24, 2.45) is 0 Å². The van der Waals surface area contributed by atoms with Gasteiger partial charge in [-0.2, -0.15) is 4.98 Å². The summed E-state index contributed by atoms with van der Waals surface area (Å²) in [4.78, 5) is 12.0. The molecule has 0 spiro atoms. The van der Waals surface area contributed by atoms with Gasteiger partial charge in [-0.05, 0) is 56.9 Å². The highest BCUT2D eigenvalue weighted by Crippen LogP contribution is 2.35. The normalized spacial score (nSPS) is 15.6. The number of aromatic nitrogens is 2. The van der Waals surface area contributed by atoms with E-state index in [4.69, 9.17) is 4.98 Å². The van der Waals surface area contributed by atoms with Crippen LogP contribution in [0.5, 0.6) is 0 Å². The van der Waals surface area contributed by atoms with Gasteiger partial charge in [-0.15, -0.1) is 12.4 Å². The summed E-state index contributed by atoms with van der Waals surface area (Å²) < 4.78 is 0. The van der Waals surface area contributed by atoms with Crippen molar-refractivity contribution in [1.29, 1.82) is 0 Å². The van der Waals surface area contributed by atoms with E-state index in [-0.39, 0.29) is 12.4 Å².